The fraction of sp³-hybridized carbons (Fsp3) is 0.667. The molecule has 0 bridgehead atoms. The van der Waals surface area contributed by atoms with Gasteiger partial charge in [0.2, 0.25) is 0 Å². The summed E-state index contributed by atoms with van der Waals surface area (Å²) in [6.07, 6.45) is 10.5. The van der Waals surface area contributed by atoms with Gasteiger partial charge in [-0.15, -0.1) is 0 Å². The molecule has 0 spiro atoms. The van der Waals surface area contributed by atoms with Crippen molar-refractivity contribution in [3.63, 3.8) is 0 Å². The van der Waals surface area contributed by atoms with Crippen LogP contribution in [0.15, 0.2) is 23.7 Å². The third-order valence-electron chi connectivity index (χ3n) is 3.08. The summed E-state index contributed by atoms with van der Waals surface area (Å²) in [5.41, 5.74) is 5.90. The van der Waals surface area contributed by atoms with Crippen LogP contribution >= 0.6 is 0 Å². The van der Waals surface area contributed by atoms with Crippen molar-refractivity contribution in [3.8, 4) is 0 Å². The van der Waals surface area contributed by atoms with Crippen LogP contribution < -0.4 is 11.1 Å². The molecule has 17 heavy (non-hydrogen) atoms. The van der Waals surface area contributed by atoms with Crippen LogP contribution in [-0.4, -0.2) is 27.6 Å². The Hall–Kier alpha value is -1.52. The van der Waals surface area contributed by atoms with Crippen LogP contribution in [0.2, 0.25) is 0 Å². The molecule has 0 saturated heterocycles. The smallest absolute Gasteiger partial charge is 0.189 e. The largest absolute Gasteiger partial charge is 0.370 e. The summed E-state index contributed by atoms with van der Waals surface area (Å²) < 4.78 is 2.03. The second kappa shape index (κ2) is 5.70. The van der Waals surface area contributed by atoms with Crippen LogP contribution in [0.5, 0.6) is 0 Å². The number of rotatable bonds is 4. The van der Waals surface area contributed by atoms with Gasteiger partial charge in [0.1, 0.15) is 0 Å². The van der Waals surface area contributed by atoms with Crippen molar-refractivity contribution in [2.45, 2.75) is 51.2 Å². The molecule has 5 heteroatoms. The number of hydrogen-bond acceptors (Lipinski definition) is 2. The van der Waals surface area contributed by atoms with E-state index in [4.69, 9.17) is 5.73 Å². The zero-order chi connectivity index (χ0) is 12.1. The first kappa shape index (κ1) is 12.0. The molecule has 1 saturated carbocycles. The zero-order valence-corrected chi connectivity index (χ0v) is 10.3. The maximum Gasteiger partial charge on any atom is 0.189 e. The molecule has 3 N–H and O–H groups in total. The number of aliphatic imine (C=N–C) groups is 1. The van der Waals surface area contributed by atoms with E-state index in [1.165, 1.54) is 25.7 Å². The number of nitrogens with zero attached hydrogens (tertiary/aromatic N) is 3. The molecule has 5 nitrogen and oxygen atoms in total. The highest BCUT2D eigenvalue weighted by molar-refractivity contribution is 5.78. The average molecular weight is 235 g/mol. The van der Waals surface area contributed by atoms with E-state index in [-0.39, 0.29) is 6.04 Å². The average Bonchev–Trinajstić information content (AvgIpc) is 2.90. The minimum atomic E-state index is 0.259. The third-order valence-corrected chi connectivity index (χ3v) is 3.08. The maximum absolute atomic E-state index is 5.90. The first-order valence-electron chi connectivity index (χ1n) is 6.29. The molecular weight excluding hydrogens is 214 g/mol. The summed E-state index contributed by atoms with van der Waals surface area (Å²) in [6, 6.07) is 0.692. The van der Waals surface area contributed by atoms with E-state index in [1.807, 2.05) is 17.1 Å². The van der Waals surface area contributed by atoms with Crippen molar-refractivity contribution in [3.05, 3.63) is 18.7 Å². The van der Waals surface area contributed by atoms with E-state index < -0.39 is 0 Å². The van der Waals surface area contributed by atoms with Gasteiger partial charge in [0, 0.05) is 25.0 Å². The molecule has 1 aliphatic rings. The summed E-state index contributed by atoms with van der Waals surface area (Å²) in [6.45, 7) is 2.94. The molecule has 1 unspecified atom stereocenters. The van der Waals surface area contributed by atoms with Gasteiger partial charge in [-0.25, -0.2) is 4.98 Å². The summed E-state index contributed by atoms with van der Waals surface area (Å²) >= 11 is 0. The van der Waals surface area contributed by atoms with Gasteiger partial charge in [0.05, 0.1) is 12.4 Å². The van der Waals surface area contributed by atoms with Crippen molar-refractivity contribution in [2.24, 2.45) is 10.7 Å². The summed E-state index contributed by atoms with van der Waals surface area (Å²) in [4.78, 5) is 8.51. The van der Waals surface area contributed by atoms with Gasteiger partial charge in [-0.05, 0) is 19.8 Å². The quantitative estimate of drug-likeness (QED) is 0.607. The lowest BCUT2D eigenvalue weighted by Gasteiger charge is -2.16. The SMILES string of the molecule is CC(Cn1ccnc1)NC(N)=NC1CCCC1. The van der Waals surface area contributed by atoms with E-state index in [1.54, 1.807) is 6.20 Å². The Labute approximate surface area is 102 Å². The Bertz CT molecular complexity index is 351. The molecule has 0 amide bonds. The van der Waals surface area contributed by atoms with Crippen LogP contribution in [0.4, 0.5) is 0 Å². The molecular formula is C12H21N5. The van der Waals surface area contributed by atoms with Gasteiger partial charge in [0.15, 0.2) is 5.96 Å². The Morgan fingerprint density at radius 1 is 1.59 bits per heavy atom. The molecule has 0 aliphatic heterocycles. The topological polar surface area (TPSA) is 68.2 Å². The van der Waals surface area contributed by atoms with E-state index in [2.05, 4.69) is 22.2 Å². The molecule has 2 rings (SSSR count). The highest BCUT2D eigenvalue weighted by atomic mass is 15.1. The van der Waals surface area contributed by atoms with E-state index in [0.717, 1.165) is 6.54 Å². The molecule has 0 aromatic carbocycles. The number of imidazole rings is 1. The lowest BCUT2D eigenvalue weighted by atomic mass is 10.3. The molecule has 1 atom stereocenters. The number of nitrogens with one attached hydrogen (secondary N) is 1. The number of nitrogens with two attached hydrogens (primary N) is 1. The van der Waals surface area contributed by atoms with Gasteiger partial charge >= 0.3 is 0 Å². The highest BCUT2D eigenvalue weighted by Crippen LogP contribution is 2.20. The van der Waals surface area contributed by atoms with Crippen LogP contribution in [0.3, 0.4) is 0 Å². The predicted molar refractivity (Wildman–Crippen MR) is 68.7 cm³/mol. The van der Waals surface area contributed by atoms with Gasteiger partial charge in [-0.3, -0.25) is 4.99 Å². The fourth-order valence-electron chi connectivity index (χ4n) is 2.28. The number of hydrogen-bond donors (Lipinski definition) is 2. The van der Waals surface area contributed by atoms with Crippen LogP contribution in [0.25, 0.3) is 0 Å². The van der Waals surface area contributed by atoms with Crippen molar-refractivity contribution in [1.82, 2.24) is 14.9 Å². The molecule has 1 aromatic rings. The van der Waals surface area contributed by atoms with E-state index in [9.17, 15) is 0 Å². The molecule has 1 aliphatic carbocycles. The van der Waals surface area contributed by atoms with Gasteiger partial charge in [0.25, 0.3) is 0 Å². The van der Waals surface area contributed by atoms with Crippen molar-refractivity contribution < 1.29 is 0 Å². The second-order valence-electron chi connectivity index (χ2n) is 4.76. The molecule has 0 radical (unpaired) electrons. The summed E-state index contributed by atoms with van der Waals surface area (Å²) in [5.74, 6) is 0.574. The first-order chi connectivity index (χ1) is 8.24. The minimum Gasteiger partial charge on any atom is -0.370 e. The van der Waals surface area contributed by atoms with Crippen molar-refractivity contribution in [1.29, 1.82) is 0 Å². The fourth-order valence-corrected chi connectivity index (χ4v) is 2.28. The summed E-state index contributed by atoms with van der Waals surface area (Å²) in [7, 11) is 0. The van der Waals surface area contributed by atoms with Gasteiger partial charge < -0.3 is 15.6 Å². The van der Waals surface area contributed by atoms with Crippen LogP contribution in [0, 0.1) is 0 Å². The second-order valence-corrected chi connectivity index (χ2v) is 4.76. The van der Waals surface area contributed by atoms with Crippen molar-refractivity contribution >= 4 is 5.96 Å². The Morgan fingerprint density at radius 3 is 3.00 bits per heavy atom. The van der Waals surface area contributed by atoms with Gasteiger partial charge in [-0.2, -0.15) is 0 Å². The predicted octanol–water partition coefficient (Wildman–Crippen LogP) is 1.12. The molecule has 1 fully saturated rings. The Morgan fingerprint density at radius 2 is 2.35 bits per heavy atom. The zero-order valence-electron chi connectivity index (χ0n) is 10.3. The lowest BCUT2D eigenvalue weighted by molar-refractivity contribution is 0.541. The highest BCUT2D eigenvalue weighted by Gasteiger charge is 2.14. The lowest BCUT2D eigenvalue weighted by Crippen LogP contribution is -2.41. The molecule has 1 aromatic heterocycles. The number of guanidine groups is 1. The van der Waals surface area contributed by atoms with Crippen molar-refractivity contribution in [2.75, 3.05) is 0 Å². The van der Waals surface area contributed by atoms with Crippen LogP contribution in [0.1, 0.15) is 32.6 Å². The Balaban J connectivity index is 1.79. The third kappa shape index (κ3) is 3.76. The van der Waals surface area contributed by atoms with E-state index in [0.29, 0.717) is 12.0 Å². The summed E-state index contributed by atoms with van der Waals surface area (Å²) in [5, 5.41) is 3.22. The minimum absolute atomic E-state index is 0.259. The maximum atomic E-state index is 5.90. The van der Waals surface area contributed by atoms with E-state index >= 15 is 0 Å². The Kier molecular flexibility index (Phi) is 4.01. The monoisotopic (exact) mass is 235 g/mol. The number of aromatic nitrogens is 2. The first-order valence-corrected chi connectivity index (χ1v) is 6.29. The standard InChI is InChI=1S/C12H21N5/c1-10(8-17-7-6-14-9-17)15-12(13)16-11-4-2-3-5-11/h6-7,9-11H,2-5,8H2,1H3,(H3,13,15,16). The normalized spacial score (nSPS) is 19.5. The molecule has 1 heterocycles. The molecule has 94 valence electrons. The van der Waals surface area contributed by atoms with Gasteiger partial charge in [-0.1, -0.05) is 12.8 Å². The van der Waals surface area contributed by atoms with Crippen LogP contribution in [-0.2, 0) is 6.54 Å².